The third kappa shape index (κ3) is 2.03. The molecule has 5 heteroatoms. The van der Waals surface area contributed by atoms with E-state index in [-0.39, 0.29) is 0 Å². The smallest absolute Gasteiger partial charge is 0.203 e. The normalized spacial score (nSPS) is 19.4. The van der Waals surface area contributed by atoms with E-state index < -0.39 is 0 Å². The Kier molecular flexibility index (Phi) is 2.55. The molecule has 1 fully saturated rings. The van der Waals surface area contributed by atoms with Crippen LogP contribution >= 0.6 is 15.9 Å². The summed E-state index contributed by atoms with van der Waals surface area (Å²) < 4.78 is 0.946. The van der Waals surface area contributed by atoms with Crippen LogP contribution in [-0.2, 0) is 0 Å². The number of rotatable bonds is 1. The van der Waals surface area contributed by atoms with Gasteiger partial charge in [0.25, 0.3) is 0 Å². The van der Waals surface area contributed by atoms with Crippen LogP contribution in [0.5, 0.6) is 0 Å². The Morgan fingerprint density at radius 3 is 2.62 bits per heavy atom. The number of imidazole rings is 1. The highest BCUT2D eigenvalue weighted by molar-refractivity contribution is 9.10. The number of halogens is 1. The molecule has 0 radical (unpaired) electrons. The fraction of sp³-hybridized carbons (Fsp3) is 0.625. The van der Waals surface area contributed by atoms with Crippen LogP contribution in [0.15, 0.2) is 10.8 Å². The summed E-state index contributed by atoms with van der Waals surface area (Å²) in [6.45, 7) is 4.32. The molecule has 0 amide bonds. The number of hydrogen-bond donors (Lipinski definition) is 1. The summed E-state index contributed by atoms with van der Waals surface area (Å²) in [4.78, 5) is 12.0. The van der Waals surface area contributed by atoms with E-state index in [0.717, 1.165) is 36.7 Å². The summed E-state index contributed by atoms with van der Waals surface area (Å²) >= 11 is 3.36. The van der Waals surface area contributed by atoms with E-state index in [0.29, 0.717) is 0 Å². The lowest BCUT2D eigenvalue weighted by Crippen LogP contribution is -2.44. The number of nitrogens with one attached hydrogen (secondary N) is 1. The average molecular weight is 245 g/mol. The molecule has 1 aromatic rings. The molecular formula is C8H13BrN4. The Hall–Kier alpha value is -0.550. The first kappa shape index (κ1) is 9.02. The first-order valence-electron chi connectivity index (χ1n) is 4.40. The quantitative estimate of drug-likeness (QED) is 0.799. The minimum absolute atomic E-state index is 0.946. The fourth-order valence-corrected chi connectivity index (χ4v) is 1.75. The number of H-pyrrole nitrogens is 1. The summed E-state index contributed by atoms with van der Waals surface area (Å²) in [5.74, 6) is 0.972. The van der Waals surface area contributed by atoms with Crippen LogP contribution in [0, 0.1) is 0 Å². The maximum Gasteiger partial charge on any atom is 0.203 e. The van der Waals surface area contributed by atoms with Gasteiger partial charge in [0.2, 0.25) is 5.95 Å². The monoisotopic (exact) mass is 244 g/mol. The summed E-state index contributed by atoms with van der Waals surface area (Å²) in [6.07, 6.45) is 1.80. The Labute approximate surface area is 86.1 Å². The summed E-state index contributed by atoms with van der Waals surface area (Å²) in [5, 5.41) is 0. The van der Waals surface area contributed by atoms with E-state index in [4.69, 9.17) is 0 Å². The lowest BCUT2D eigenvalue weighted by atomic mass is 10.3. The number of aromatic nitrogens is 2. The zero-order chi connectivity index (χ0) is 9.26. The summed E-state index contributed by atoms with van der Waals surface area (Å²) in [7, 11) is 2.15. The van der Waals surface area contributed by atoms with Crippen molar-refractivity contribution in [1.29, 1.82) is 0 Å². The van der Waals surface area contributed by atoms with Crippen molar-refractivity contribution in [1.82, 2.24) is 14.9 Å². The van der Waals surface area contributed by atoms with E-state index in [9.17, 15) is 0 Å². The van der Waals surface area contributed by atoms with Crippen LogP contribution in [0.3, 0.4) is 0 Å². The van der Waals surface area contributed by atoms with E-state index in [1.807, 2.05) is 0 Å². The number of likely N-dealkylation sites (N-methyl/N-ethyl adjacent to an activating group) is 1. The standard InChI is InChI=1S/C8H13BrN4/c1-12-2-4-13(5-3-12)8-10-6-7(9)11-8/h6H,2-5H2,1H3,(H,10,11). The Morgan fingerprint density at radius 1 is 1.38 bits per heavy atom. The number of anilines is 1. The molecular weight excluding hydrogens is 232 g/mol. The second-order valence-electron chi connectivity index (χ2n) is 3.35. The van der Waals surface area contributed by atoms with Crippen LogP contribution in [-0.4, -0.2) is 48.1 Å². The highest BCUT2D eigenvalue weighted by Gasteiger charge is 2.15. The van der Waals surface area contributed by atoms with E-state index in [1.165, 1.54) is 0 Å². The fourth-order valence-electron chi connectivity index (χ4n) is 1.47. The van der Waals surface area contributed by atoms with Gasteiger partial charge in [0, 0.05) is 26.2 Å². The lowest BCUT2D eigenvalue weighted by Gasteiger charge is -2.32. The van der Waals surface area contributed by atoms with Gasteiger partial charge in [0.05, 0.1) is 6.20 Å². The van der Waals surface area contributed by atoms with Gasteiger partial charge < -0.3 is 14.8 Å². The number of nitrogens with zero attached hydrogens (tertiary/aromatic N) is 3. The SMILES string of the molecule is CN1CCN(c2ncc(Br)[nH]2)CC1. The van der Waals surface area contributed by atoms with Gasteiger partial charge in [-0.15, -0.1) is 0 Å². The van der Waals surface area contributed by atoms with Crippen LogP contribution in [0.4, 0.5) is 5.95 Å². The second kappa shape index (κ2) is 3.67. The average Bonchev–Trinajstić information content (AvgIpc) is 2.53. The van der Waals surface area contributed by atoms with Crippen molar-refractivity contribution in [2.24, 2.45) is 0 Å². The zero-order valence-corrected chi connectivity index (χ0v) is 9.21. The molecule has 0 aliphatic carbocycles. The molecule has 2 rings (SSSR count). The summed E-state index contributed by atoms with van der Waals surface area (Å²) in [6, 6.07) is 0. The van der Waals surface area contributed by atoms with Crippen LogP contribution in [0.2, 0.25) is 0 Å². The largest absolute Gasteiger partial charge is 0.340 e. The lowest BCUT2D eigenvalue weighted by molar-refractivity contribution is 0.311. The first-order chi connectivity index (χ1) is 6.25. The van der Waals surface area contributed by atoms with Crippen molar-refractivity contribution < 1.29 is 0 Å². The predicted octanol–water partition coefficient (Wildman–Crippen LogP) is 0.924. The van der Waals surface area contributed by atoms with E-state index in [2.05, 4.69) is 42.7 Å². The van der Waals surface area contributed by atoms with Gasteiger partial charge in [-0.25, -0.2) is 4.98 Å². The molecule has 1 saturated heterocycles. The Balaban J connectivity index is 2.02. The topological polar surface area (TPSA) is 35.2 Å². The molecule has 0 atom stereocenters. The molecule has 0 aromatic carbocycles. The van der Waals surface area contributed by atoms with Crippen LogP contribution in [0.25, 0.3) is 0 Å². The van der Waals surface area contributed by atoms with E-state index in [1.54, 1.807) is 6.20 Å². The van der Waals surface area contributed by atoms with Crippen molar-refractivity contribution in [3.05, 3.63) is 10.8 Å². The number of piperazine rings is 1. The maximum atomic E-state index is 4.27. The van der Waals surface area contributed by atoms with Gasteiger partial charge in [-0.05, 0) is 23.0 Å². The highest BCUT2D eigenvalue weighted by Crippen LogP contribution is 2.14. The minimum atomic E-state index is 0.946. The Morgan fingerprint density at radius 2 is 2.08 bits per heavy atom. The van der Waals surface area contributed by atoms with Crippen molar-refractivity contribution in [3.63, 3.8) is 0 Å². The Bertz CT molecular complexity index is 277. The van der Waals surface area contributed by atoms with Gasteiger partial charge in [0.1, 0.15) is 4.60 Å². The molecule has 1 N–H and O–H groups in total. The molecule has 1 aliphatic rings. The molecule has 0 spiro atoms. The van der Waals surface area contributed by atoms with Crippen molar-refractivity contribution in [2.45, 2.75) is 0 Å². The molecule has 1 aromatic heterocycles. The van der Waals surface area contributed by atoms with Gasteiger partial charge in [-0.1, -0.05) is 0 Å². The van der Waals surface area contributed by atoms with Gasteiger partial charge >= 0.3 is 0 Å². The van der Waals surface area contributed by atoms with Crippen LogP contribution < -0.4 is 4.90 Å². The number of hydrogen-bond acceptors (Lipinski definition) is 3. The van der Waals surface area contributed by atoms with Gasteiger partial charge in [0.15, 0.2) is 0 Å². The number of aromatic amines is 1. The summed E-state index contributed by atoms with van der Waals surface area (Å²) in [5.41, 5.74) is 0. The van der Waals surface area contributed by atoms with Crippen molar-refractivity contribution in [2.75, 3.05) is 38.1 Å². The minimum Gasteiger partial charge on any atom is -0.340 e. The second-order valence-corrected chi connectivity index (χ2v) is 4.20. The maximum absolute atomic E-state index is 4.27. The molecule has 1 aliphatic heterocycles. The molecule has 4 nitrogen and oxygen atoms in total. The third-order valence-electron chi connectivity index (χ3n) is 2.33. The van der Waals surface area contributed by atoms with Gasteiger partial charge in [-0.2, -0.15) is 0 Å². The predicted molar refractivity (Wildman–Crippen MR) is 56.0 cm³/mol. The zero-order valence-electron chi connectivity index (χ0n) is 7.63. The highest BCUT2D eigenvalue weighted by atomic mass is 79.9. The molecule has 0 bridgehead atoms. The molecule has 0 unspecified atom stereocenters. The molecule has 13 heavy (non-hydrogen) atoms. The van der Waals surface area contributed by atoms with Crippen LogP contribution in [0.1, 0.15) is 0 Å². The molecule has 72 valence electrons. The van der Waals surface area contributed by atoms with Crippen molar-refractivity contribution >= 4 is 21.9 Å². The molecule has 2 heterocycles. The van der Waals surface area contributed by atoms with Gasteiger partial charge in [-0.3, -0.25) is 0 Å². The third-order valence-corrected chi connectivity index (χ3v) is 2.74. The van der Waals surface area contributed by atoms with E-state index >= 15 is 0 Å². The van der Waals surface area contributed by atoms with Crippen molar-refractivity contribution in [3.8, 4) is 0 Å². The molecule has 0 saturated carbocycles. The first-order valence-corrected chi connectivity index (χ1v) is 5.19.